The molecular weight excluding hydrogens is 299 g/mol. The SMILES string of the molecule is CCCC[P+](CCCC)(CCCC)CC(CC(=O)O)C(=O)[O-]. The number of unbranched alkanes of at least 4 members (excludes halogenated alkanes) is 3. The molecule has 0 heterocycles. The lowest BCUT2D eigenvalue weighted by atomic mass is 10.1. The van der Waals surface area contributed by atoms with E-state index in [1.54, 1.807) is 0 Å². The lowest BCUT2D eigenvalue weighted by Crippen LogP contribution is -2.36. The Morgan fingerprint density at radius 3 is 1.64 bits per heavy atom. The molecule has 0 radical (unpaired) electrons. The molecule has 130 valence electrons. The van der Waals surface area contributed by atoms with Crippen LogP contribution in [0, 0.1) is 5.92 Å². The van der Waals surface area contributed by atoms with E-state index in [0.717, 1.165) is 57.0 Å². The Bertz CT molecular complexity index is 309. The first-order valence-corrected chi connectivity index (χ1v) is 11.2. The average molecular weight is 332 g/mol. The number of carboxylic acids is 2. The summed E-state index contributed by atoms with van der Waals surface area (Å²) in [5.74, 6) is -3.04. The second kappa shape index (κ2) is 11.9. The number of rotatable bonds is 14. The van der Waals surface area contributed by atoms with Crippen LogP contribution < -0.4 is 5.11 Å². The second-order valence-corrected chi connectivity index (χ2v) is 10.8. The van der Waals surface area contributed by atoms with Gasteiger partial charge in [0.15, 0.2) is 0 Å². The molecule has 0 spiro atoms. The molecule has 5 heteroatoms. The number of hydrogen-bond donors (Lipinski definition) is 1. The summed E-state index contributed by atoms with van der Waals surface area (Å²) in [4.78, 5) is 22.3. The molecule has 0 aromatic rings. The van der Waals surface area contributed by atoms with Crippen LogP contribution in [0.1, 0.15) is 65.7 Å². The molecule has 0 saturated carbocycles. The summed E-state index contributed by atoms with van der Waals surface area (Å²) < 4.78 is 0. The van der Waals surface area contributed by atoms with Gasteiger partial charge in [-0.2, -0.15) is 0 Å². The average Bonchev–Trinajstić information content (AvgIpc) is 2.47. The highest BCUT2D eigenvalue weighted by Crippen LogP contribution is 2.62. The van der Waals surface area contributed by atoms with E-state index in [2.05, 4.69) is 20.8 Å². The second-order valence-electron chi connectivity index (χ2n) is 6.37. The van der Waals surface area contributed by atoms with Gasteiger partial charge in [0.05, 0.1) is 31.1 Å². The van der Waals surface area contributed by atoms with Gasteiger partial charge in [-0.3, -0.25) is 4.79 Å². The summed E-state index contributed by atoms with van der Waals surface area (Å²) in [5, 5.41) is 20.4. The van der Waals surface area contributed by atoms with Crippen molar-refractivity contribution in [2.75, 3.05) is 24.6 Å². The number of hydrogen-bond acceptors (Lipinski definition) is 3. The monoisotopic (exact) mass is 332 g/mol. The quantitative estimate of drug-likeness (QED) is 0.495. The van der Waals surface area contributed by atoms with Crippen LogP contribution in [-0.4, -0.2) is 41.7 Å². The fourth-order valence-electron chi connectivity index (χ4n) is 2.99. The smallest absolute Gasteiger partial charge is 0.304 e. The molecule has 0 bridgehead atoms. The number of carbonyl (C=O) groups excluding carboxylic acids is 1. The minimum atomic E-state index is -1.40. The third-order valence-electron chi connectivity index (χ3n) is 4.32. The predicted octanol–water partition coefficient (Wildman–Crippen LogP) is 3.25. The largest absolute Gasteiger partial charge is 0.550 e. The highest BCUT2D eigenvalue weighted by Gasteiger charge is 2.39. The van der Waals surface area contributed by atoms with Gasteiger partial charge in [-0.25, -0.2) is 0 Å². The van der Waals surface area contributed by atoms with Crippen molar-refractivity contribution in [1.29, 1.82) is 0 Å². The van der Waals surface area contributed by atoms with Crippen LogP contribution in [0.5, 0.6) is 0 Å². The minimum absolute atomic E-state index is 0.297. The fraction of sp³-hybridized carbons (Fsp3) is 0.882. The van der Waals surface area contributed by atoms with E-state index in [1.165, 1.54) is 0 Å². The Kier molecular flexibility index (Phi) is 11.5. The van der Waals surface area contributed by atoms with Gasteiger partial charge in [-0.05, 0) is 19.3 Å². The van der Waals surface area contributed by atoms with Crippen molar-refractivity contribution in [3.8, 4) is 0 Å². The number of carboxylic acid groups (broad SMARTS) is 2. The molecule has 0 aliphatic carbocycles. The summed E-state index contributed by atoms with van der Waals surface area (Å²) in [5.41, 5.74) is 0. The van der Waals surface area contributed by atoms with Crippen LogP contribution in [-0.2, 0) is 9.59 Å². The van der Waals surface area contributed by atoms with E-state index in [4.69, 9.17) is 5.11 Å². The molecule has 0 aliphatic heterocycles. The minimum Gasteiger partial charge on any atom is -0.550 e. The molecule has 0 aromatic carbocycles. The number of aliphatic carboxylic acids is 2. The molecular formula is C17H33O4P. The summed E-state index contributed by atoms with van der Waals surface area (Å²) in [6.45, 7) is 6.46. The molecule has 4 nitrogen and oxygen atoms in total. The van der Waals surface area contributed by atoms with Crippen molar-refractivity contribution in [2.24, 2.45) is 5.92 Å². The van der Waals surface area contributed by atoms with E-state index >= 15 is 0 Å². The zero-order valence-electron chi connectivity index (χ0n) is 14.5. The summed E-state index contributed by atoms with van der Waals surface area (Å²) >= 11 is 0. The summed E-state index contributed by atoms with van der Waals surface area (Å²) in [7, 11) is -1.40. The van der Waals surface area contributed by atoms with Crippen molar-refractivity contribution in [3.63, 3.8) is 0 Å². The maximum atomic E-state index is 11.4. The molecule has 0 saturated heterocycles. The zero-order valence-corrected chi connectivity index (χ0v) is 15.4. The topological polar surface area (TPSA) is 77.4 Å². The molecule has 0 amide bonds. The Morgan fingerprint density at radius 1 is 0.955 bits per heavy atom. The normalized spacial score (nSPS) is 13.0. The van der Waals surface area contributed by atoms with Gasteiger partial charge in [0, 0.05) is 19.1 Å². The molecule has 0 aliphatic rings. The van der Waals surface area contributed by atoms with Crippen molar-refractivity contribution < 1.29 is 19.8 Å². The highest BCUT2D eigenvalue weighted by molar-refractivity contribution is 7.75. The van der Waals surface area contributed by atoms with Crippen LogP contribution in [0.25, 0.3) is 0 Å². The van der Waals surface area contributed by atoms with Crippen LogP contribution in [0.2, 0.25) is 0 Å². The third kappa shape index (κ3) is 8.73. The Morgan fingerprint density at radius 2 is 1.36 bits per heavy atom. The zero-order chi connectivity index (χ0) is 17.0. The van der Waals surface area contributed by atoms with Crippen molar-refractivity contribution in [3.05, 3.63) is 0 Å². The first-order chi connectivity index (χ1) is 10.4. The summed E-state index contributed by atoms with van der Waals surface area (Å²) in [6, 6.07) is 0. The molecule has 1 unspecified atom stereocenters. The van der Waals surface area contributed by atoms with E-state index in [-0.39, 0.29) is 6.42 Å². The van der Waals surface area contributed by atoms with Crippen molar-refractivity contribution in [2.45, 2.75) is 65.7 Å². The molecule has 0 aromatic heterocycles. The van der Waals surface area contributed by atoms with E-state index in [0.29, 0.717) is 6.16 Å². The first-order valence-electron chi connectivity index (χ1n) is 8.68. The van der Waals surface area contributed by atoms with Gasteiger partial charge in [0.1, 0.15) is 0 Å². The van der Waals surface area contributed by atoms with Gasteiger partial charge in [0.25, 0.3) is 0 Å². The molecule has 0 fully saturated rings. The molecule has 0 rings (SSSR count). The standard InChI is InChI=1S/C17H33O4P/c1-4-7-10-22(11-8-5-2,12-9-6-3)14-15(17(20)21)13-16(18)19/h15H,4-14H2,1-3H3,(H-,18,19,20,21). The van der Waals surface area contributed by atoms with E-state index in [9.17, 15) is 14.7 Å². The molecule has 22 heavy (non-hydrogen) atoms. The molecule has 1 N–H and O–H groups in total. The van der Waals surface area contributed by atoms with Gasteiger partial charge < -0.3 is 15.0 Å². The van der Waals surface area contributed by atoms with Crippen LogP contribution >= 0.6 is 7.26 Å². The Hall–Kier alpha value is -0.630. The highest BCUT2D eigenvalue weighted by atomic mass is 31.2. The predicted molar refractivity (Wildman–Crippen MR) is 91.9 cm³/mol. The van der Waals surface area contributed by atoms with Gasteiger partial charge in [-0.1, -0.05) is 40.0 Å². The van der Waals surface area contributed by atoms with Crippen LogP contribution in [0.4, 0.5) is 0 Å². The maximum Gasteiger partial charge on any atom is 0.304 e. The van der Waals surface area contributed by atoms with Gasteiger partial charge in [0.2, 0.25) is 0 Å². The van der Waals surface area contributed by atoms with Gasteiger partial charge >= 0.3 is 5.97 Å². The fourth-order valence-corrected chi connectivity index (χ4v) is 8.38. The lowest BCUT2D eigenvalue weighted by molar-refractivity contribution is -0.311. The Labute approximate surface area is 136 Å². The lowest BCUT2D eigenvalue weighted by Gasteiger charge is -2.31. The van der Waals surface area contributed by atoms with Gasteiger partial charge in [-0.15, -0.1) is 0 Å². The third-order valence-corrected chi connectivity index (χ3v) is 9.33. The van der Waals surface area contributed by atoms with Crippen molar-refractivity contribution in [1.82, 2.24) is 0 Å². The van der Waals surface area contributed by atoms with Crippen LogP contribution in [0.3, 0.4) is 0 Å². The summed E-state index contributed by atoms with van der Waals surface area (Å²) in [6.07, 6.45) is 10.2. The molecule has 1 atom stereocenters. The maximum absolute atomic E-state index is 11.4. The van der Waals surface area contributed by atoms with Crippen molar-refractivity contribution >= 4 is 19.2 Å². The van der Waals surface area contributed by atoms with E-state index < -0.39 is 25.1 Å². The van der Waals surface area contributed by atoms with Crippen LogP contribution in [0.15, 0.2) is 0 Å². The Balaban J connectivity index is 5.16. The first kappa shape index (κ1) is 21.4. The number of carbonyl (C=O) groups is 2. The van der Waals surface area contributed by atoms with E-state index in [1.807, 2.05) is 0 Å².